The van der Waals surface area contributed by atoms with Crippen LogP contribution in [0.15, 0.2) is 4.99 Å². The average Bonchev–Trinajstić information content (AvgIpc) is 2.32. The smallest absolute Gasteiger partial charge is 0.352 e. The molecule has 0 bridgehead atoms. The lowest BCUT2D eigenvalue weighted by atomic mass is 9.92. The lowest BCUT2D eigenvalue weighted by molar-refractivity contribution is -0.133. The van der Waals surface area contributed by atoms with E-state index in [1.807, 2.05) is 20.8 Å². The molecule has 4 nitrogen and oxygen atoms in total. The van der Waals surface area contributed by atoms with Gasteiger partial charge in [-0.25, -0.2) is 9.79 Å². The Morgan fingerprint density at radius 2 is 2.14 bits per heavy atom. The second-order valence-electron chi connectivity index (χ2n) is 4.58. The van der Waals surface area contributed by atoms with Crippen LogP contribution < -0.4 is 0 Å². The lowest BCUT2D eigenvalue weighted by Crippen LogP contribution is -2.14. The van der Waals surface area contributed by atoms with Crippen molar-refractivity contribution in [2.24, 2.45) is 10.4 Å². The Labute approximate surface area is 83.3 Å². The molecule has 0 spiro atoms. The van der Waals surface area contributed by atoms with E-state index in [9.17, 15) is 9.59 Å². The Balaban J connectivity index is 2.59. The molecule has 0 aromatic rings. The van der Waals surface area contributed by atoms with Gasteiger partial charge < -0.3 is 4.74 Å². The van der Waals surface area contributed by atoms with Crippen LogP contribution in [0.3, 0.4) is 0 Å². The Kier molecular flexibility index (Phi) is 3.03. The molecule has 1 rings (SSSR count). The van der Waals surface area contributed by atoms with E-state index < -0.39 is 5.97 Å². The molecule has 0 unspecified atom stereocenters. The topological polar surface area (TPSA) is 55.7 Å². The minimum Gasteiger partial charge on any atom is -0.461 e. The van der Waals surface area contributed by atoms with E-state index in [2.05, 4.69) is 9.73 Å². The van der Waals surface area contributed by atoms with Crippen molar-refractivity contribution in [2.45, 2.75) is 33.6 Å². The van der Waals surface area contributed by atoms with Crippen LogP contribution in [-0.2, 0) is 14.3 Å². The largest absolute Gasteiger partial charge is 0.461 e. The third kappa shape index (κ3) is 3.28. The second-order valence-corrected chi connectivity index (χ2v) is 4.58. The summed E-state index contributed by atoms with van der Waals surface area (Å²) in [6.07, 6.45) is 0.804. The molecule has 1 heterocycles. The van der Waals surface area contributed by atoms with Crippen molar-refractivity contribution >= 4 is 17.6 Å². The summed E-state index contributed by atoms with van der Waals surface area (Å²) in [7, 11) is 0. The van der Waals surface area contributed by atoms with E-state index in [-0.39, 0.29) is 17.0 Å². The van der Waals surface area contributed by atoms with Gasteiger partial charge in [0.05, 0.1) is 6.61 Å². The Morgan fingerprint density at radius 3 is 2.57 bits per heavy atom. The van der Waals surface area contributed by atoms with Crippen LogP contribution in [0.4, 0.5) is 0 Å². The van der Waals surface area contributed by atoms with E-state index in [0.29, 0.717) is 19.4 Å². The van der Waals surface area contributed by atoms with Gasteiger partial charge in [-0.05, 0) is 5.41 Å². The molecule has 1 aliphatic rings. The minimum absolute atomic E-state index is 0.0936. The van der Waals surface area contributed by atoms with Crippen LogP contribution in [0, 0.1) is 5.41 Å². The molecule has 0 radical (unpaired) electrons. The Hall–Kier alpha value is -1.19. The van der Waals surface area contributed by atoms with Gasteiger partial charge >= 0.3 is 5.97 Å². The minimum atomic E-state index is -0.452. The van der Waals surface area contributed by atoms with E-state index in [4.69, 9.17) is 0 Å². The van der Waals surface area contributed by atoms with Gasteiger partial charge in [-0.2, -0.15) is 0 Å². The fourth-order valence-corrected chi connectivity index (χ4v) is 1.17. The molecular formula is C10H15NO3. The number of esters is 1. The molecule has 0 saturated carbocycles. The first-order chi connectivity index (χ1) is 6.38. The van der Waals surface area contributed by atoms with Crippen LogP contribution in [0.2, 0.25) is 0 Å². The van der Waals surface area contributed by atoms with Crippen LogP contribution in [-0.4, -0.2) is 24.2 Å². The van der Waals surface area contributed by atoms with Gasteiger partial charge in [0.2, 0.25) is 5.91 Å². The van der Waals surface area contributed by atoms with Gasteiger partial charge in [-0.1, -0.05) is 20.8 Å². The summed E-state index contributed by atoms with van der Waals surface area (Å²) >= 11 is 0. The molecule has 14 heavy (non-hydrogen) atoms. The van der Waals surface area contributed by atoms with Crippen molar-refractivity contribution in [3.63, 3.8) is 0 Å². The monoisotopic (exact) mass is 197 g/mol. The first-order valence-electron chi connectivity index (χ1n) is 4.66. The summed E-state index contributed by atoms with van der Waals surface area (Å²) in [6, 6.07) is 0. The first-order valence-corrected chi connectivity index (χ1v) is 4.66. The van der Waals surface area contributed by atoms with Crippen molar-refractivity contribution in [3.05, 3.63) is 0 Å². The zero-order chi connectivity index (χ0) is 10.8. The average molecular weight is 197 g/mol. The molecule has 1 amide bonds. The number of rotatable bonds is 1. The molecule has 78 valence electrons. The summed E-state index contributed by atoms with van der Waals surface area (Å²) < 4.78 is 4.67. The number of cyclic esters (lactones) is 1. The molecule has 4 heteroatoms. The highest BCUT2D eigenvalue weighted by Gasteiger charge is 2.23. The maximum Gasteiger partial charge on any atom is 0.352 e. The van der Waals surface area contributed by atoms with Crippen molar-refractivity contribution < 1.29 is 14.3 Å². The highest BCUT2D eigenvalue weighted by molar-refractivity contribution is 6.39. The fraction of sp³-hybridized carbons (Fsp3) is 0.700. The van der Waals surface area contributed by atoms with Crippen LogP contribution in [0.1, 0.15) is 33.6 Å². The zero-order valence-electron chi connectivity index (χ0n) is 8.79. The predicted octanol–water partition coefficient (Wildman–Crippen LogP) is 1.34. The molecule has 0 aromatic heterocycles. The third-order valence-electron chi connectivity index (χ3n) is 1.75. The van der Waals surface area contributed by atoms with Gasteiger partial charge in [0.15, 0.2) is 0 Å². The van der Waals surface area contributed by atoms with E-state index >= 15 is 0 Å². The number of hydrogen-bond acceptors (Lipinski definition) is 3. The molecule has 0 aromatic carbocycles. The van der Waals surface area contributed by atoms with Gasteiger partial charge in [-0.3, -0.25) is 4.79 Å². The highest BCUT2D eigenvalue weighted by Crippen LogP contribution is 2.19. The zero-order valence-corrected chi connectivity index (χ0v) is 8.79. The van der Waals surface area contributed by atoms with Gasteiger partial charge in [0.25, 0.3) is 0 Å². The standard InChI is InChI=1S/C10H15NO3/c1-10(2,3)6-8(12)11-7-4-5-14-9(7)13/h4-6H2,1-3H3/b11-7-. The van der Waals surface area contributed by atoms with E-state index in [0.717, 1.165) is 0 Å². The van der Waals surface area contributed by atoms with Crippen LogP contribution >= 0.6 is 0 Å². The van der Waals surface area contributed by atoms with Crippen molar-refractivity contribution in [3.8, 4) is 0 Å². The number of nitrogens with zero attached hydrogens (tertiary/aromatic N) is 1. The predicted molar refractivity (Wildman–Crippen MR) is 52.1 cm³/mol. The molecule has 1 fully saturated rings. The van der Waals surface area contributed by atoms with Gasteiger partial charge in [0, 0.05) is 12.8 Å². The van der Waals surface area contributed by atoms with Crippen molar-refractivity contribution in [2.75, 3.05) is 6.61 Å². The number of carbonyl (C=O) groups is 2. The van der Waals surface area contributed by atoms with E-state index in [1.165, 1.54) is 0 Å². The highest BCUT2D eigenvalue weighted by atomic mass is 16.5. The number of ether oxygens (including phenoxy) is 1. The molecule has 0 aliphatic carbocycles. The second kappa shape index (κ2) is 3.90. The molecule has 0 N–H and O–H groups in total. The summed E-state index contributed by atoms with van der Waals surface area (Å²) in [4.78, 5) is 26.1. The fourth-order valence-electron chi connectivity index (χ4n) is 1.17. The number of amides is 1. The van der Waals surface area contributed by atoms with Crippen LogP contribution in [0.25, 0.3) is 0 Å². The summed E-state index contributed by atoms with van der Waals surface area (Å²) in [5, 5.41) is 0. The summed E-state index contributed by atoms with van der Waals surface area (Å²) in [5.41, 5.74) is 0.170. The first kappa shape index (κ1) is 10.9. The molecule has 1 aliphatic heterocycles. The molecule has 0 atom stereocenters. The van der Waals surface area contributed by atoms with Crippen molar-refractivity contribution in [1.29, 1.82) is 0 Å². The summed E-state index contributed by atoms with van der Waals surface area (Å²) in [5.74, 6) is -0.696. The quantitative estimate of drug-likeness (QED) is 0.596. The number of carbonyl (C=O) groups excluding carboxylic acids is 2. The third-order valence-corrected chi connectivity index (χ3v) is 1.75. The van der Waals surface area contributed by atoms with Crippen LogP contribution in [0.5, 0.6) is 0 Å². The Morgan fingerprint density at radius 1 is 1.50 bits per heavy atom. The summed E-state index contributed by atoms with van der Waals surface area (Å²) in [6.45, 7) is 6.22. The molecular weight excluding hydrogens is 182 g/mol. The maximum atomic E-state index is 11.4. The lowest BCUT2D eigenvalue weighted by Gasteiger charge is -2.14. The molecule has 1 saturated heterocycles. The SMILES string of the molecule is CC(C)(C)CC(=O)/N=C1/CCOC1=O. The Bertz CT molecular complexity index is 286. The van der Waals surface area contributed by atoms with E-state index in [1.54, 1.807) is 0 Å². The maximum absolute atomic E-state index is 11.4. The van der Waals surface area contributed by atoms with Gasteiger partial charge in [0.1, 0.15) is 5.71 Å². The van der Waals surface area contributed by atoms with Gasteiger partial charge in [-0.15, -0.1) is 0 Å². The number of hydrogen-bond donors (Lipinski definition) is 0. The normalized spacial score (nSPS) is 19.9. The van der Waals surface area contributed by atoms with Crippen molar-refractivity contribution in [1.82, 2.24) is 0 Å². The number of aliphatic imine (C=N–C) groups is 1.